The van der Waals surface area contributed by atoms with E-state index in [4.69, 9.17) is 5.73 Å². The SMILES string of the molecule is CC(C)(C)CC1(C)CC1N. The van der Waals surface area contributed by atoms with Crippen molar-refractivity contribution in [3.05, 3.63) is 0 Å². The van der Waals surface area contributed by atoms with Crippen molar-refractivity contribution < 1.29 is 0 Å². The normalized spacial score (nSPS) is 39.9. The first-order valence-electron chi connectivity index (χ1n) is 4.09. The third-order valence-electron chi connectivity index (χ3n) is 2.36. The number of rotatable bonds is 1. The predicted molar refractivity (Wildman–Crippen MR) is 44.8 cm³/mol. The lowest BCUT2D eigenvalue weighted by Crippen LogP contribution is -2.18. The van der Waals surface area contributed by atoms with E-state index in [2.05, 4.69) is 27.7 Å². The Kier molecular flexibility index (Phi) is 1.59. The Labute approximate surface area is 64.0 Å². The second-order valence-corrected chi connectivity index (χ2v) is 5.20. The molecule has 0 radical (unpaired) electrons. The van der Waals surface area contributed by atoms with Crippen LogP contribution in [-0.2, 0) is 0 Å². The van der Waals surface area contributed by atoms with Crippen molar-refractivity contribution in [3.63, 3.8) is 0 Å². The van der Waals surface area contributed by atoms with Crippen LogP contribution in [-0.4, -0.2) is 6.04 Å². The van der Waals surface area contributed by atoms with E-state index >= 15 is 0 Å². The largest absolute Gasteiger partial charge is 0.327 e. The van der Waals surface area contributed by atoms with Crippen LogP contribution < -0.4 is 5.73 Å². The molecular weight excluding hydrogens is 122 g/mol. The zero-order valence-corrected chi connectivity index (χ0v) is 7.57. The third kappa shape index (κ3) is 1.72. The minimum Gasteiger partial charge on any atom is -0.327 e. The van der Waals surface area contributed by atoms with Gasteiger partial charge in [-0.15, -0.1) is 0 Å². The summed E-state index contributed by atoms with van der Waals surface area (Å²) in [5.74, 6) is 0. The van der Waals surface area contributed by atoms with Crippen molar-refractivity contribution in [1.29, 1.82) is 0 Å². The molecule has 0 spiro atoms. The van der Waals surface area contributed by atoms with Crippen LogP contribution in [0.15, 0.2) is 0 Å². The summed E-state index contributed by atoms with van der Waals surface area (Å²) in [7, 11) is 0. The number of hydrogen-bond donors (Lipinski definition) is 1. The summed E-state index contributed by atoms with van der Waals surface area (Å²) in [5.41, 5.74) is 6.73. The smallest absolute Gasteiger partial charge is 0.00994 e. The molecule has 0 saturated heterocycles. The first kappa shape index (κ1) is 8.06. The molecule has 1 saturated carbocycles. The van der Waals surface area contributed by atoms with Crippen LogP contribution in [0, 0.1) is 10.8 Å². The minimum absolute atomic E-state index is 0.447. The van der Waals surface area contributed by atoms with E-state index < -0.39 is 0 Å². The Balaban J connectivity index is 2.41. The van der Waals surface area contributed by atoms with E-state index in [1.165, 1.54) is 12.8 Å². The lowest BCUT2D eigenvalue weighted by atomic mass is 9.83. The van der Waals surface area contributed by atoms with Crippen LogP contribution in [0.2, 0.25) is 0 Å². The van der Waals surface area contributed by atoms with Crippen LogP contribution in [0.5, 0.6) is 0 Å². The molecule has 1 rings (SSSR count). The van der Waals surface area contributed by atoms with Gasteiger partial charge in [-0.05, 0) is 23.7 Å². The van der Waals surface area contributed by atoms with Crippen molar-refractivity contribution in [1.82, 2.24) is 0 Å². The molecule has 0 aromatic heterocycles. The summed E-state index contributed by atoms with van der Waals surface area (Å²) in [5, 5.41) is 0. The Bertz CT molecular complexity index is 134. The fraction of sp³-hybridized carbons (Fsp3) is 1.00. The molecule has 2 atom stereocenters. The summed E-state index contributed by atoms with van der Waals surface area (Å²) >= 11 is 0. The van der Waals surface area contributed by atoms with Gasteiger partial charge in [-0.2, -0.15) is 0 Å². The zero-order chi connectivity index (χ0) is 7.99. The second kappa shape index (κ2) is 1.97. The van der Waals surface area contributed by atoms with Crippen LogP contribution in [0.25, 0.3) is 0 Å². The molecule has 2 N–H and O–H groups in total. The highest BCUT2D eigenvalue weighted by Gasteiger charge is 2.48. The Morgan fingerprint density at radius 1 is 1.50 bits per heavy atom. The Hall–Kier alpha value is -0.0400. The molecule has 0 aromatic carbocycles. The minimum atomic E-state index is 0.447. The highest BCUT2D eigenvalue weighted by Crippen LogP contribution is 2.51. The quantitative estimate of drug-likeness (QED) is 0.595. The van der Waals surface area contributed by atoms with Gasteiger partial charge >= 0.3 is 0 Å². The van der Waals surface area contributed by atoms with Crippen LogP contribution in [0.1, 0.15) is 40.5 Å². The van der Waals surface area contributed by atoms with Gasteiger partial charge in [0, 0.05) is 6.04 Å². The molecule has 60 valence electrons. The second-order valence-electron chi connectivity index (χ2n) is 5.20. The van der Waals surface area contributed by atoms with Gasteiger partial charge in [0.15, 0.2) is 0 Å². The monoisotopic (exact) mass is 141 g/mol. The van der Waals surface area contributed by atoms with Crippen molar-refractivity contribution in [3.8, 4) is 0 Å². The van der Waals surface area contributed by atoms with E-state index in [1.807, 2.05) is 0 Å². The standard InChI is InChI=1S/C9H19N/c1-8(2,3)6-9(4)5-7(9)10/h7H,5-6,10H2,1-4H3. The molecule has 2 unspecified atom stereocenters. The summed E-state index contributed by atoms with van der Waals surface area (Å²) < 4.78 is 0. The molecule has 0 aliphatic heterocycles. The van der Waals surface area contributed by atoms with E-state index in [1.54, 1.807) is 0 Å². The van der Waals surface area contributed by atoms with Gasteiger partial charge in [-0.3, -0.25) is 0 Å². The van der Waals surface area contributed by atoms with Gasteiger partial charge in [-0.25, -0.2) is 0 Å². The van der Waals surface area contributed by atoms with Gasteiger partial charge in [0.1, 0.15) is 0 Å². The number of hydrogen-bond acceptors (Lipinski definition) is 1. The van der Waals surface area contributed by atoms with Gasteiger partial charge in [0.25, 0.3) is 0 Å². The average molecular weight is 141 g/mol. The van der Waals surface area contributed by atoms with Crippen molar-refractivity contribution in [2.24, 2.45) is 16.6 Å². The molecule has 1 nitrogen and oxygen atoms in total. The van der Waals surface area contributed by atoms with Gasteiger partial charge in [-0.1, -0.05) is 27.7 Å². The maximum Gasteiger partial charge on any atom is 0.00994 e. The van der Waals surface area contributed by atoms with Crippen molar-refractivity contribution in [2.75, 3.05) is 0 Å². The van der Waals surface area contributed by atoms with E-state index in [0.29, 0.717) is 16.9 Å². The fourth-order valence-corrected chi connectivity index (χ4v) is 1.86. The highest BCUT2D eigenvalue weighted by molar-refractivity contribution is 5.04. The molecular formula is C9H19N. The van der Waals surface area contributed by atoms with Crippen molar-refractivity contribution >= 4 is 0 Å². The van der Waals surface area contributed by atoms with Crippen LogP contribution >= 0.6 is 0 Å². The first-order chi connectivity index (χ1) is 4.33. The van der Waals surface area contributed by atoms with Crippen LogP contribution in [0.4, 0.5) is 0 Å². The Morgan fingerprint density at radius 2 is 1.90 bits per heavy atom. The zero-order valence-electron chi connectivity index (χ0n) is 7.57. The molecule has 1 aliphatic rings. The molecule has 0 aromatic rings. The van der Waals surface area contributed by atoms with Gasteiger partial charge in [0.05, 0.1) is 0 Å². The molecule has 1 aliphatic carbocycles. The molecule has 10 heavy (non-hydrogen) atoms. The summed E-state index contributed by atoms with van der Waals surface area (Å²) in [6.45, 7) is 9.14. The van der Waals surface area contributed by atoms with Gasteiger partial charge in [0.2, 0.25) is 0 Å². The first-order valence-corrected chi connectivity index (χ1v) is 4.09. The maximum atomic E-state index is 5.81. The fourth-order valence-electron chi connectivity index (χ4n) is 1.86. The summed E-state index contributed by atoms with van der Waals surface area (Å²) in [6, 6.07) is 0.478. The summed E-state index contributed by atoms with van der Waals surface area (Å²) in [4.78, 5) is 0. The molecule has 0 amide bonds. The van der Waals surface area contributed by atoms with E-state index in [9.17, 15) is 0 Å². The maximum absolute atomic E-state index is 5.81. The average Bonchev–Trinajstić information content (AvgIpc) is 2.05. The van der Waals surface area contributed by atoms with E-state index in [0.717, 1.165) is 0 Å². The topological polar surface area (TPSA) is 26.0 Å². The Morgan fingerprint density at radius 3 is 2.00 bits per heavy atom. The number of nitrogens with two attached hydrogens (primary N) is 1. The molecule has 0 heterocycles. The lowest BCUT2D eigenvalue weighted by molar-refractivity contribution is 0.287. The third-order valence-corrected chi connectivity index (χ3v) is 2.36. The highest BCUT2D eigenvalue weighted by atomic mass is 14.8. The summed E-state index contributed by atoms with van der Waals surface area (Å²) in [6.07, 6.45) is 2.49. The lowest BCUT2D eigenvalue weighted by Gasteiger charge is -2.23. The molecule has 1 fully saturated rings. The molecule has 0 bridgehead atoms. The van der Waals surface area contributed by atoms with Crippen LogP contribution in [0.3, 0.4) is 0 Å². The molecule has 1 heteroatoms. The predicted octanol–water partition coefficient (Wildman–Crippen LogP) is 2.16. The van der Waals surface area contributed by atoms with E-state index in [-0.39, 0.29) is 0 Å². The van der Waals surface area contributed by atoms with Gasteiger partial charge < -0.3 is 5.73 Å². The van der Waals surface area contributed by atoms with Crippen molar-refractivity contribution in [2.45, 2.75) is 46.6 Å².